The molecule has 0 spiro atoms. The van der Waals surface area contributed by atoms with E-state index >= 15 is 0 Å². The highest BCUT2D eigenvalue weighted by atomic mass is 16.1. The zero-order chi connectivity index (χ0) is 7.98. The molecule has 1 N–H and O–H groups in total. The number of amides is 1. The van der Waals surface area contributed by atoms with Crippen LogP contribution in [-0.4, -0.2) is 11.9 Å². The van der Waals surface area contributed by atoms with E-state index in [1.165, 1.54) is 0 Å². The van der Waals surface area contributed by atoms with E-state index in [0.717, 1.165) is 12.8 Å². The highest BCUT2D eigenvalue weighted by Crippen LogP contribution is 1.93. The SMILES string of the molecule is CCCCC(=O)NC(C)C. The van der Waals surface area contributed by atoms with Gasteiger partial charge in [-0.2, -0.15) is 0 Å². The second kappa shape index (κ2) is 5.27. The molecule has 0 aromatic rings. The molecule has 0 heterocycles. The van der Waals surface area contributed by atoms with E-state index in [1.807, 2.05) is 13.8 Å². The fourth-order valence-electron chi connectivity index (χ4n) is 0.731. The number of hydrogen-bond acceptors (Lipinski definition) is 1. The summed E-state index contributed by atoms with van der Waals surface area (Å²) in [6, 6.07) is 0.282. The zero-order valence-corrected chi connectivity index (χ0v) is 7.11. The summed E-state index contributed by atoms with van der Waals surface area (Å²) in [7, 11) is 0. The van der Waals surface area contributed by atoms with Crippen LogP contribution in [0.1, 0.15) is 40.0 Å². The summed E-state index contributed by atoms with van der Waals surface area (Å²) in [5.41, 5.74) is 0. The van der Waals surface area contributed by atoms with Crippen LogP contribution in [0, 0.1) is 0 Å². The largest absolute Gasteiger partial charge is 0.354 e. The molecule has 0 radical (unpaired) electrons. The van der Waals surface area contributed by atoms with Gasteiger partial charge in [-0.15, -0.1) is 0 Å². The van der Waals surface area contributed by atoms with E-state index in [2.05, 4.69) is 12.2 Å². The minimum absolute atomic E-state index is 0.178. The zero-order valence-electron chi connectivity index (χ0n) is 7.11. The van der Waals surface area contributed by atoms with Crippen molar-refractivity contribution in [3.8, 4) is 0 Å². The highest BCUT2D eigenvalue weighted by molar-refractivity contribution is 5.76. The van der Waals surface area contributed by atoms with E-state index in [-0.39, 0.29) is 11.9 Å². The molecule has 0 bridgehead atoms. The lowest BCUT2D eigenvalue weighted by Crippen LogP contribution is -2.29. The Hall–Kier alpha value is -0.530. The molecular formula is C8H17NO. The maximum Gasteiger partial charge on any atom is 0.220 e. The summed E-state index contributed by atoms with van der Waals surface area (Å²) in [6.45, 7) is 6.04. The van der Waals surface area contributed by atoms with Crippen LogP contribution in [0.3, 0.4) is 0 Å². The number of unbranched alkanes of at least 4 members (excludes halogenated alkanes) is 1. The quantitative estimate of drug-likeness (QED) is 0.637. The predicted octanol–water partition coefficient (Wildman–Crippen LogP) is 1.70. The number of rotatable bonds is 4. The first-order valence-corrected chi connectivity index (χ1v) is 3.96. The molecule has 1 amide bonds. The molecule has 0 aliphatic heterocycles. The second-order valence-electron chi connectivity index (χ2n) is 2.83. The van der Waals surface area contributed by atoms with E-state index in [4.69, 9.17) is 0 Å². The molecule has 60 valence electrons. The predicted molar refractivity (Wildman–Crippen MR) is 42.8 cm³/mol. The van der Waals surface area contributed by atoms with Crippen molar-refractivity contribution in [1.29, 1.82) is 0 Å². The smallest absolute Gasteiger partial charge is 0.220 e. The van der Waals surface area contributed by atoms with Gasteiger partial charge in [0.25, 0.3) is 0 Å². The maximum absolute atomic E-state index is 10.9. The maximum atomic E-state index is 10.9. The van der Waals surface area contributed by atoms with Gasteiger partial charge in [-0.05, 0) is 20.3 Å². The van der Waals surface area contributed by atoms with Crippen LogP contribution in [0.4, 0.5) is 0 Å². The van der Waals surface area contributed by atoms with Gasteiger partial charge in [0, 0.05) is 12.5 Å². The Morgan fingerprint density at radius 2 is 2.10 bits per heavy atom. The van der Waals surface area contributed by atoms with E-state index < -0.39 is 0 Å². The van der Waals surface area contributed by atoms with Gasteiger partial charge in [-0.25, -0.2) is 0 Å². The third kappa shape index (κ3) is 5.60. The molecule has 2 nitrogen and oxygen atoms in total. The fourth-order valence-corrected chi connectivity index (χ4v) is 0.731. The molecule has 0 unspecified atom stereocenters. The molecule has 0 saturated carbocycles. The van der Waals surface area contributed by atoms with Crippen LogP contribution in [0.2, 0.25) is 0 Å². The van der Waals surface area contributed by atoms with Gasteiger partial charge in [0.15, 0.2) is 0 Å². The molecule has 0 aliphatic carbocycles. The molecule has 0 aliphatic rings. The van der Waals surface area contributed by atoms with Crippen molar-refractivity contribution in [3.05, 3.63) is 0 Å². The van der Waals surface area contributed by atoms with Crippen LogP contribution < -0.4 is 5.32 Å². The average molecular weight is 143 g/mol. The van der Waals surface area contributed by atoms with E-state index in [9.17, 15) is 4.79 Å². The van der Waals surface area contributed by atoms with Gasteiger partial charge in [-0.3, -0.25) is 4.79 Å². The molecule has 2 heteroatoms. The molecule has 0 atom stereocenters. The number of nitrogens with one attached hydrogen (secondary N) is 1. The summed E-state index contributed by atoms with van der Waals surface area (Å²) in [6.07, 6.45) is 2.76. The van der Waals surface area contributed by atoms with Crippen molar-refractivity contribution in [2.75, 3.05) is 0 Å². The van der Waals surface area contributed by atoms with Crippen molar-refractivity contribution >= 4 is 5.91 Å². The van der Waals surface area contributed by atoms with Crippen molar-refractivity contribution < 1.29 is 4.79 Å². The summed E-state index contributed by atoms with van der Waals surface area (Å²) < 4.78 is 0. The summed E-state index contributed by atoms with van der Waals surface area (Å²) in [5.74, 6) is 0.178. The summed E-state index contributed by atoms with van der Waals surface area (Å²) in [5, 5.41) is 2.84. The standard InChI is InChI=1S/C8H17NO/c1-4-5-6-8(10)9-7(2)3/h7H,4-6H2,1-3H3,(H,9,10). The van der Waals surface area contributed by atoms with Crippen molar-refractivity contribution in [1.82, 2.24) is 5.32 Å². The number of hydrogen-bond donors (Lipinski definition) is 1. The van der Waals surface area contributed by atoms with Crippen molar-refractivity contribution in [2.24, 2.45) is 0 Å². The van der Waals surface area contributed by atoms with Crippen LogP contribution in [0.15, 0.2) is 0 Å². The molecular weight excluding hydrogens is 126 g/mol. The Morgan fingerprint density at radius 3 is 2.50 bits per heavy atom. The monoisotopic (exact) mass is 143 g/mol. The lowest BCUT2D eigenvalue weighted by molar-refractivity contribution is -0.121. The normalized spacial score (nSPS) is 10.0. The van der Waals surface area contributed by atoms with Gasteiger partial charge in [-0.1, -0.05) is 13.3 Å². The van der Waals surface area contributed by atoms with Crippen molar-refractivity contribution in [3.63, 3.8) is 0 Å². The van der Waals surface area contributed by atoms with Crippen LogP contribution in [0.25, 0.3) is 0 Å². The summed E-state index contributed by atoms with van der Waals surface area (Å²) >= 11 is 0. The summed E-state index contributed by atoms with van der Waals surface area (Å²) in [4.78, 5) is 10.9. The topological polar surface area (TPSA) is 29.1 Å². The minimum atomic E-state index is 0.178. The second-order valence-corrected chi connectivity index (χ2v) is 2.83. The molecule has 0 saturated heterocycles. The molecule has 10 heavy (non-hydrogen) atoms. The van der Waals surface area contributed by atoms with E-state index in [0.29, 0.717) is 6.42 Å². The Kier molecular flexibility index (Phi) is 4.99. The molecule has 0 aromatic carbocycles. The Bertz CT molecular complexity index is 99.4. The first-order chi connectivity index (χ1) is 4.66. The van der Waals surface area contributed by atoms with Gasteiger partial charge in [0.1, 0.15) is 0 Å². The molecule has 0 rings (SSSR count). The third-order valence-electron chi connectivity index (χ3n) is 1.21. The number of carbonyl (C=O) groups is 1. The van der Waals surface area contributed by atoms with Gasteiger partial charge < -0.3 is 5.32 Å². The lowest BCUT2D eigenvalue weighted by Gasteiger charge is -2.06. The van der Waals surface area contributed by atoms with E-state index in [1.54, 1.807) is 0 Å². The van der Waals surface area contributed by atoms with Gasteiger partial charge in [0.05, 0.1) is 0 Å². The van der Waals surface area contributed by atoms with Crippen molar-refractivity contribution in [2.45, 2.75) is 46.1 Å². The van der Waals surface area contributed by atoms with Gasteiger partial charge >= 0.3 is 0 Å². The minimum Gasteiger partial charge on any atom is -0.354 e. The van der Waals surface area contributed by atoms with Crippen LogP contribution >= 0.6 is 0 Å². The highest BCUT2D eigenvalue weighted by Gasteiger charge is 2.00. The molecule has 0 aromatic heterocycles. The molecule has 0 fully saturated rings. The average Bonchev–Trinajstić information content (AvgIpc) is 1.82. The fraction of sp³-hybridized carbons (Fsp3) is 0.875. The van der Waals surface area contributed by atoms with Crippen LogP contribution in [-0.2, 0) is 4.79 Å². The third-order valence-corrected chi connectivity index (χ3v) is 1.21. The Balaban J connectivity index is 3.26. The first-order valence-electron chi connectivity index (χ1n) is 3.96. The van der Waals surface area contributed by atoms with Gasteiger partial charge in [0.2, 0.25) is 5.91 Å². The Morgan fingerprint density at radius 1 is 1.50 bits per heavy atom. The number of carbonyl (C=O) groups excluding carboxylic acids is 1. The Labute approximate surface area is 63.0 Å². The van der Waals surface area contributed by atoms with Crippen LogP contribution in [0.5, 0.6) is 0 Å². The first kappa shape index (κ1) is 9.47. The lowest BCUT2D eigenvalue weighted by atomic mass is 10.2.